The van der Waals surface area contributed by atoms with E-state index in [1.54, 1.807) is 0 Å². The highest BCUT2D eigenvalue weighted by Gasteiger charge is 2.11. The van der Waals surface area contributed by atoms with Crippen LogP contribution in [-0.4, -0.2) is 11.8 Å². The van der Waals surface area contributed by atoms with Gasteiger partial charge in [-0.3, -0.25) is 9.59 Å². The van der Waals surface area contributed by atoms with E-state index < -0.39 is 35.1 Å². The molecule has 2 aromatic rings. The van der Waals surface area contributed by atoms with Crippen LogP contribution in [0.15, 0.2) is 36.4 Å². The van der Waals surface area contributed by atoms with Crippen LogP contribution in [0.3, 0.4) is 0 Å². The summed E-state index contributed by atoms with van der Waals surface area (Å²) in [4.78, 5) is 23.4. The molecule has 0 atom stereocenters. The van der Waals surface area contributed by atoms with E-state index in [0.717, 1.165) is 24.3 Å². The summed E-state index contributed by atoms with van der Waals surface area (Å²) in [6.07, 6.45) is -0.0461. The Bertz CT molecular complexity index is 731. The Morgan fingerprint density at radius 3 is 1.48 bits per heavy atom. The summed E-state index contributed by atoms with van der Waals surface area (Å²) < 4.78 is 52.3. The van der Waals surface area contributed by atoms with E-state index in [-0.39, 0.29) is 30.6 Å². The molecule has 0 unspecified atom stereocenters. The number of benzene rings is 2. The minimum absolute atomic E-state index is 0.0872. The molecule has 132 valence electrons. The highest BCUT2D eigenvalue weighted by Crippen LogP contribution is 2.17. The largest absolute Gasteiger partial charge is 0.324 e. The number of carbonyl (C=O) groups is 2. The van der Waals surface area contributed by atoms with Gasteiger partial charge in [-0.15, -0.1) is 0 Å². The second kappa shape index (κ2) is 8.27. The Morgan fingerprint density at radius 2 is 1.12 bits per heavy atom. The maximum atomic E-state index is 13.4. The topological polar surface area (TPSA) is 58.2 Å². The molecule has 0 aliphatic heterocycles. The lowest BCUT2D eigenvalue weighted by molar-refractivity contribution is -0.117. The molecule has 0 aliphatic carbocycles. The minimum Gasteiger partial charge on any atom is -0.324 e. The molecule has 8 heteroatoms. The average Bonchev–Trinajstić information content (AvgIpc) is 2.53. The van der Waals surface area contributed by atoms with Gasteiger partial charge in [0, 0.05) is 25.0 Å². The van der Waals surface area contributed by atoms with Gasteiger partial charge < -0.3 is 10.6 Å². The van der Waals surface area contributed by atoms with E-state index in [1.807, 2.05) is 0 Å². The van der Waals surface area contributed by atoms with Crippen molar-refractivity contribution in [3.05, 3.63) is 59.7 Å². The molecule has 4 nitrogen and oxygen atoms in total. The molecule has 0 spiro atoms. The highest BCUT2D eigenvalue weighted by atomic mass is 19.1. The van der Waals surface area contributed by atoms with Gasteiger partial charge in [-0.05, 0) is 30.7 Å². The third-order valence-corrected chi connectivity index (χ3v) is 3.22. The Kier molecular flexibility index (Phi) is 6.10. The predicted octanol–water partition coefficient (Wildman–Crippen LogP) is 3.99. The van der Waals surface area contributed by atoms with E-state index in [9.17, 15) is 27.2 Å². The van der Waals surface area contributed by atoms with Crippen molar-refractivity contribution in [3.8, 4) is 0 Å². The monoisotopic (exact) mass is 354 g/mol. The van der Waals surface area contributed by atoms with Gasteiger partial charge in [0.15, 0.2) is 0 Å². The molecule has 25 heavy (non-hydrogen) atoms. The first-order valence-electron chi connectivity index (χ1n) is 7.35. The molecule has 2 N–H and O–H groups in total. The number of nitrogens with one attached hydrogen (secondary N) is 2. The Morgan fingerprint density at radius 1 is 0.720 bits per heavy atom. The van der Waals surface area contributed by atoms with Crippen LogP contribution in [-0.2, 0) is 9.59 Å². The van der Waals surface area contributed by atoms with Crippen molar-refractivity contribution in [1.29, 1.82) is 0 Å². The lowest BCUT2D eigenvalue weighted by atomic mass is 10.2. The van der Waals surface area contributed by atoms with Crippen molar-refractivity contribution in [2.45, 2.75) is 19.3 Å². The fourth-order valence-electron chi connectivity index (χ4n) is 2.02. The summed E-state index contributed by atoms with van der Waals surface area (Å²) >= 11 is 0. The zero-order valence-electron chi connectivity index (χ0n) is 12.9. The quantitative estimate of drug-likeness (QED) is 0.771. The average molecular weight is 354 g/mol. The molecular weight excluding hydrogens is 340 g/mol. The standard InChI is InChI=1S/C17H14F4N2O2/c18-10-4-6-14(12(20)8-10)22-16(24)2-1-3-17(25)23-15-7-5-11(19)9-13(15)21/h4-9H,1-3H2,(H,22,24)(H,23,25). The van der Waals surface area contributed by atoms with Crippen LogP contribution in [0.5, 0.6) is 0 Å². The molecule has 2 amide bonds. The van der Waals surface area contributed by atoms with Crippen LogP contribution in [0.25, 0.3) is 0 Å². The van der Waals surface area contributed by atoms with Gasteiger partial charge >= 0.3 is 0 Å². The van der Waals surface area contributed by atoms with Gasteiger partial charge in [0.1, 0.15) is 23.3 Å². The van der Waals surface area contributed by atoms with Crippen LogP contribution in [0.1, 0.15) is 19.3 Å². The molecule has 0 saturated carbocycles. The molecule has 0 aromatic heterocycles. The zero-order valence-corrected chi connectivity index (χ0v) is 12.9. The second-order valence-corrected chi connectivity index (χ2v) is 5.20. The molecule has 0 bridgehead atoms. The first-order chi connectivity index (χ1) is 11.8. The van der Waals surface area contributed by atoms with Gasteiger partial charge in [-0.1, -0.05) is 0 Å². The van der Waals surface area contributed by atoms with Crippen molar-refractivity contribution in [2.75, 3.05) is 10.6 Å². The molecular formula is C17H14F4N2O2. The van der Waals surface area contributed by atoms with Crippen LogP contribution < -0.4 is 10.6 Å². The van der Waals surface area contributed by atoms with Gasteiger partial charge in [0.2, 0.25) is 11.8 Å². The van der Waals surface area contributed by atoms with Crippen LogP contribution in [0.2, 0.25) is 0 Å². The van der Waals surface area contributed by atoms with Crippen LogP contribution in [0, 0.1) is 23.3 Å². The Balaban J connectivity index is 1.77. The fraction of sp³-hybridized carbons (Fsp3) is 0.176. The van der Waals surface area contributed by atoms with Crippen molar-refractivity contribution in [1.82, 2.24) is 0 Å². The van der Waals surface area contributed by atoms with E-state index in [2.05, 4.69) is 10.6 Å². The van der Waals surface area contributed by atoms with E-state index in [4.69, 9.17) is 0 Å². The molecule has 0 aliphatic rings. The van der Waals surface area contributed by atoms with Crippen molar-refractivity contribution in [3.63, 3.8) is 0 Å². The highest BCUT2D eigenvalue weighted by molar-refractivity contribution is 5.93. The fourth-order valence-corrected chi connectivity index (χ4v) is 2.02. The Hall–Kier alpha value is -2.90. The Labute approximate surface area is 140 Å². The van der Waals surface area contributed by atoms with Crippen LogP contribution >= 0.6 is 0 Å². The molecule has 2 rings (SSSR count). The lowest BCUT2D eigenvalue weighted by Crippen LogP contribution is -2.16. The van der Waals surface area contributed by atoms with Gasteiger partial charge in [-0.25, -0.2) is 17.6 Å². The van der Waals surface area contributed by atoms with E-state index in [0.29, 0.717) is 12.1 Å². The number of hydrogen-bond acceptors (Lipinski definition) is 2. The summed E-state index contributed by atoms with van der Waals surface area (Å²) in [6.45, 7) is 0. The number of anilines is 2. The summed E-state index contributed by atoms with van der Waals surface area (Å²) in [5.41, 5.74) is -0.325. The summed E-state index contributed by atoms with van der Waals surface area (Å²) in [7, 11) is 0. The number of halogens is 4. The molecule has 0 fully saturated rings. The maximum Gasteiger partial charge on any atom is 0.224 e. The van der Waals surface area contributed by atoms with Crippen molar-refractivity contribution in [2.24, 2.45) is 0 Å². The molecule has 0 heterocycles. The second-order valence-electron chi connectivity index (χ2n) is 5.20. The van der Waals surface area contributed by atoms with Crippen molar-refractivity contribution < 1.29 is 27.2 Å². The smallest absolute Gasteiger partial charge is 0.224 e. The maximum absolute atomic E-state index is 13.4. The number of rotatable bonds is 6. The van der Waals surface area contributed by atoms with Gasteiger partial charge in [-0.2, -0.15) is 0 Å². The lowest BCUT2D eigenvalue weighted by Gasteiger charge is -2.08. The molecule has 0 saturated heterocycles. The zero-order chi connectivity index (χ0) is 18.4. The summed E-state index contributed by atoms with van der Waals surface area (Å²) in [5, 5.41) is 4.52. The van der Waals surface area contributed by atoms with Crippen molar-refractivity contribution >= 4 is 23.2 Å². The number of amides is 2. The predicted molar refractivity (Wildman–Crippen MR) is 83.8 cm³/mol. The van der Waals surface area contributed by atoms with Gasteiger partial charge in [0.25, 0.3) is 0 Å². The number of carbonyl (C=O) groups excluding carboxylic acids is 2. The SMILES string of the molecule is O=C(CCCC(=O)Nc1ccc(F)cc1F)Nc1ccc(F)cc1F. The van der Waals surface area contributed by atoms with Crippen LogP contribution in [0.4, 0.5) is 28.9 Å². The summed E-state index contributed by atoms with van der Waals surface area (Å²) in [6, 6.07) is 5.46. The molecule has 2 aromatic carbocycles. The third kappa shape index (κ3) is 5.59. The van der Waals surface area contributed by atoms with E-state index in [1.165, 1.54) is 0 Å². The summed E-state index contributed by atoms with van der Waals surface area (Å²) in [5.74, 6) is -4.44. The third-order valence-electron chi connectivity index (χ3n) is 3.22. The van der Waals surface area contributed by atoms with E-state index >= 15 is 0 Å². The van der Waals surface area contributed by atoms with Gasteiger partial charge in [0.05, 0.1) is 11.4 Å². The first-order valence-corrected chi connectivity index (χ1v) is 7.35. The normalized spacial score (nSPS) is 10.4. The first kappa shape index (κ1) is 18.4. The minimum atomic E-state index is -0.905. The molecule has 0 radical (unpaired) electrons. The number of hydrogen-bond donors (Lipinski definition) is 2.